The Labute approximate surface area is 89.2 Å². The second-order valence-electron chi connectivity index (χ2n) is 2.39. The molecule has 2 nitrogen and oxygen atoms in total. The van der Waals surface area contributed by atoms with Gasteiger partial charge in [0, 0.05) is 3.57 Å². The van der Waals surface area contributed by atoms with Crippen LogP contribution in [0, 0.1) is 3.57 Å². The first-order chi connectivity index (χ1) is 5.59. The summed E-state index contributed by atoms with van der Waals surface area (Å²) >= 11 is 7.91. The van der Waals surface area contributed by atoms with Crippen LogP contribution in [0.25, 0.3) is 0 Å². The van der Waals surface area contributed by atoms with Crippen molar-refractivity contribution in [1.29, 1.82) is 0 Å². The second kappa shape index (κ2) is 4.09. The Hall–Kier alpha value is -0.290. The molecular formula is C8H7ClINO. The summed E-state index contributed by atoms with van der Waals surface area (Å²) in [6.07, 6.45) is 0.271. The van der Waals surface area contributed by atoms with Crippen molar-refractivity contribution in [2.45, 2.75) is 6.42 Å². The van der Waals surface area contributed by atoms with Crippen LogP contribution in [0.4, 0.5) is 0 Å². The number of nitrogens with two attached hydrogens (primary N) is 1. The molecule has 0 unspecified atom stereocenters. The summed E-state index contributed by atoms with van der Waals surface area (Å²) in [5.74, 6) is -0.326. The molecule has 0 aliphatic carbocycles. The summed E-state index contributed by atoms with van der Waals surface area (Å²) in [6.45, 7) is 0. The summed E-state index contributed by atoms with van der Waals surface area (Å²) in [5, 5.41) is 0.698. The van der Waals surface area contributed by atoms with Crippen LogP contribution in [0.15, 0.2) is 18.2 Å². The van der Waals surface area contributed by atoms with Crippen LogP contribution in [0.1, 0.15) is 5.56 Å². The molecular weight excluding hydrogens is 288 g/mol. The highest BCUT2D eigenvalue weighted by atomic mass is 127. The number of primary amides is 1. The van der Waals surface area contributed by atoms with Gasteiger partial charge < -0.3 is 5.73 Å². The van der Waals surface area contributed by atoms with Gasteiger partial charge in [0.1, 0.15) is 0 Å². The summed E-state index contributed by atoms with van der Waals surface area (Å²) in [4.78, 5) is 10.6. The van der Waals surface area contributed by atoms with Gasteiger partial charge in [-0.1, -0.05) is 17.7 Å². The Kier molecular flexibility index (Phi) is 3.34. The monoisotopic (exact) mass is 295 g/mol. The second-order valence-corrected chi connectivity index (χ2v) is 3.96. The fraction of sp³-hybridized carbons (Fsp3) is 0.125. The summed E-state index contributed by atoms with van der Waals surface area (Å²) in [6, 6.07) is 5.42. The van der Waals surface area contributed by atoms with E-state index in [1.807, 2.05) is 6.07 Å². The molecule has 0 aromatic heterocycles. The van der Waals surface area contributed by atoms with Crippen LogP contribution in [0.2, 0.25) is 5.02 Å². The molecule has 0 aliphatic heterocycles. The van der Waals surface area contributed by atoms with Crippen molar-refractivity contribution in [3.05, 3.63) is 32.4 Å². The van der Waals surface area contributed by atoms with Gasteiger partial charge in [-0.2, -0.15) is 0 Å². The van der Waals surface area contributed by atoms with Crippen molar-refractivity contribution < 1.29 is 4.79 Å². The molecule has 1 rings (SSSR count). The van der Waals surface area contributed by atoms with Crippen molar-refractivity contribution in [2.75, 3.05) is 0 Å². The van der Waals surface area contributed by atoms with Crippen LogP contribution in [0.5, 0.6) is 0 Å². The molecule has 0 bridgehead atoms. The number of carbonyl (C=O) groups is 1. The summed E-state index contributed by atoms with van der Waals surface area (Å²) in [7, 11) is 0. The lowest BCUT2D eigenvalue weighted by atomic mass is 10.1. The molecule has 1 aromatic rings. The van der Waals surface area contributed by atoms with Crippen LogP contribution < -0.4 is 5.73 Å². The molecule has 12 heavy (non-hydrogen) atoms. The van der Waals surface area contributed by atoms with Crippen molar-refractivity contribution >= 4 is 40.1 Å². The predicted octanol–water partition coefficient (Wildman–Crippen LogP) is 1.97. The number of hydrogen-bond acceptors (Lipinski definition) is 1. The Morgan fingerprint density at radius 1 is 1.58 bits per heavy atom. The van der Waals surface area contributed by atoms with E-state index in [0.29, 0.717) is 5.02 Å². The fourth-order valence-electron chi connectivity index (χ4n) is 0.851. The van der Waals surface area contributed by atoms with Gasteiger partial charge in [0.05, 0.1) is 11.4 Å². The minimum Gasteiger partial charge on any atom is -0.369 e. The van der Waals surface area contributed by atoms with Crippen molar-refractivity contribution in [1.82, 2.24) is 0 Å². The number of halogens is 2. The number of amides is 1. The fourth-order valence-corrected chi connectivity index (χ4v) is 1.55. The zero-order chi connectivity index (χ0) is 9.14. The lowest BCUT2D eigenvalue weighted by Gasteiger charge is -1.99. The van der Waals surface area contributed by atoms with E-state index in [4.69, 9.17) is 17.3 Å². The standard InChI is InChI=1S/C8H7ClINO/c9-6-2-1-5(3-7(6)10)4-8(11)12/h1-3H,4H2,(H2,11,12). The highest BCUT2D eigenvalue weighted by Gasteiger charge is 2.01. The highest BCUT2D eigenvalue weighted by Crippen LogP contribution is 2.19. The van der Waals surface area contributed by atoms with E-state index in [2.05, 4.69) is 22.6 Å². The average molecular weight is 296 g/mol. The van der Waals surface area contributed by atoms with E-state index in [-0.39, 0.29) is 12.3 Å². The molecule has 2 N–H and O–H groups in total. The third-order valence-electron chi connectivity index (χ3n) is 1.36. The van der Waals surface area contributed by atoms with Crippen molar-refractivity contribution in [3.8, 4) is 0 Å². The molecule has 1 amide bonds. The zero-order valence-electron chi connectivity index (χ0n) is 6.18. The number of carbonyl (C=O) groups excluding carboxylic acids is 1. The maximum Gasteiger partial charge on any atom is 0.221 e. The lowest BCUT2D eigenvalue weighted by Crippen LogP contribution is -2.13. The molecule has 0 fully saturated rings. The van der Waals surface area contributed by atoms with Gasteiger partial charge in [0.25, 0.3) is 0 Å². The van der Waals surface area contributed by atoms with Gasteiger partial charge in [0.15, 0.2) is 0 Å². The largest absolute Gasteiger partial charge is 0.369 e. The molecule has 0 saturated carbocycles. The molecule has 0 radical (unpaired) electrons. The molecule has 4 heteroatoms. The van der Waals surface area contributed by atoms with Gasteiger partial charge in [-0.3, -0.25) is 4.79 Å². The molecule has 0 saturated heterocycles. The first-order valence-corrected chi connectivity index (χ1v) is 4.77. The van der Waals surface area contributed by atoms with E-state index in [9.17, 15) is 4.79 Å². The Balaban J connectivity index is 2.89. The number of hydrogen-bond donors (Lipinski definition) is 1. The van der Waals surface area contributed by atoms with E-state index in [1.165, 1.54) is 0 Å². The minimum absolute atomic E-state index is 0.271. The van der Waals surface area contributed by atoms with E-state index >= 15 is 0 Å². The normalized spacial score (nSPS) is 9.83. The zero-order valence-corrected chi connectivity index (χ0v) is 9.09. The first kappa shape index (κ1) is 9.80. The SMILES string of the molecule is NC(=O)Cc1ccc(Cl)c(I)c1. The molecule has 0 heterocycles. The van der Waals surface area contributed by atoms with Crippen LogP contribution in [-0.4, -0.2) is 5.91 Å². The Bertz CT molecular complexity index is 314. The molecule has 0 aliphatic rings. The molecule has 1 aromatic carbocycles. The number of benzene rings is 1. The summed E-state index contributed by atoms with van der Waals surface area (Å²) < 4.78 is 0.938. The Morgan fingerprint density at radius 2 is 2.25 bits per heavy atom. The van der Waals surface area contributed by atoms with E-state index in [0.717, 1.165) is 9.13 Å². The van der Waals surface area contributed by atoms with Crippen molar-refractivity contribution in [3.63, 3.8) is 0 Å². The van der Waals surface area contributed by atoms with E-state index in [1.54, 1.807) is 12.1 Å². The smallest absolute Gasteiger partial charge is 0.221 e. The molecule has 0 spiro atoms. The third-order valence-corrected chi connectivity index (χ3v) is 2.90. The van der Waals surface area contributed by atoms with Gasteiger partial charge in [0.2, 0.25) is 5.91 Å². The molecule has 0 atom stereocenters. The lowest BCUT2D eigenvalue weighted by molar-refractivity contribution is -0.117. The minimum atomic E-state index is -0.326. The summed E-state index contributed by atoms with van der Waals surface area (Å²) in [5.41, 5.74) is 5.94. The van der Waals surface area contributed by atoms with Gasteiger partial charge in [-0.15, -0.1) is 0 Å². The third kappa shape index (κ3) is 2.64. The van der Waals surface area contributed by atoms with Crippen LogP contribution in [-0.2, 0) is 11.2 Å². The quantitative estimate of drug-likeness (QED) is 0.833. The number of rotatable bonds is 2. The van der Waals surface area contributed by atoms with Gasteiger partial charge >= 0.3 is 0 Å². The van der Waals surface area contributed by atoms with Crippen LogP contribution in [0.3, 0.4) is 0 Å². The Morgan fingerprint density at radius 3 is 2.75 bits per heavy atom. The van der Waals surface area contributed by atoms with Gasteiger partial charge in [-0.05, 0) is 40.3 Å². The first-order valence-electron chi connectivity index (χ1n) is 3.32. The van der Waals surface area contributed by atoms with Crippen LogP contribution >= 0.6 is 34.2 Å². The van der Waals surface area contributed by atoms with Crippen molar-refractivity contribution in [2.24, 2.45) is 5.73 Å². The predicted molar refractivity (Wildman–Crippen MR) is 57.1 cm³/mol. The average Bonchev–Trinajstić information content (AvgIpc) is 1.96. The topological polar surface area (TPSA) is 43.1 Å². The maximum atomic E-state index is 10.6. The highest BCUT2D eigenvalue weighted by molar-refractivity contribution is 14.1. The molecule has 64 valence electrons. The van der Waals surface area contributed by atoms with Gasteiger partial charge in [-0.25, -0.2) is 0 Å². The maximum absolute atomic E-state index is 10.6. The van der Waals surface area contributed by atoms with E-state index < -0.39 is 0 Å².